The van der Waals surface area contributed by atoms with Gasteiger partial charge in [-0.25, -0.2) is 8.42 Å². The number of aryl methyl sites for hydroxylation is 1. The quantitative estimate of drug-likeness (QED) is 0.792. The van der Waals surface area contributed by atoms with Crippen LogP contribution in [0.2, 0.25) is 0 Å². The Labute approximate surface area is 158 Å². The maximum absolute atomic E-state index is 12.4. The standard InChI is InChI=1S/C19H24N2O3S2/c1-14-5-7-15(8-6-14)18(16-4-3-10-25-16)20-12-17(22)21-19(2)9-11-26(23,24)13-19/h3-8,10,18,20H,9,11-13H2,1-2H3,(H,21,22)/t18-,19-/m1/s1. The molecule has 0 unspecified atom stereocenters. The van der Waals surface area contributed by atoms with E-state index in [0.29, 0.717) is 6.42 Å². The Bertz CT molecular complexity index is 861. The van der Waals surface area contributed by atoms with E-state index in [1.807, 2.05) is 24.4 Å². The molecule has 0 saturated carbocycles. The van der Waals surface area contributed by atoms with Gasteiger partial charge in [-0.3, -0.25) is 10.1 Å². The Balaban J connectivity index is 1.66. The zero-order chi connectivity index (χ0) is 18.8. The number of sulfone groups is 1. The zero-order valence-corrected chi connectivity index (χ0v) is 16.6. The summed E-state index contributed by atoms with van der Waals surface area (Å²) in [5.41, 5.74) is 1.62. The minimum atomic E-state index is -3.05. The molecule has 1 fully saturated rings. The second-order valence-electron chi connectivity index (χ2n) is 7.19. The van der Waals surface area contributed by atoms with Crippen molar-refractivity contribution in [2.45, 2.75) is 31.8 Å². The lowest BCUT2D eigenvalue weighted by atomic mass is 10.0. The molecule has 2 N–H and O–H groups in total. The van der Waals surface area contributed by atoms with Crippen LogP contribution in [0.15, 0.2) is 41.8 Å². The molecule has 1 aromatic heterocycles. The lowest BCUT2D eigenvalue weighted by Gasteiger charge is -2.25. The van der Waals surface area contributed by atoms with Crippen LogP contribution >= 0.6 is 11.3 Å². The molecular weight excluding hydrogens is 368 g/mol. The number of rotatable bonds is 6. The Morgan fingerprint density at radius 1 is 1.27 bits per heavy atom. The first-order valence-electron chi connectivity index (χ1n) is 8.61. The number of nitrogens with one attached hydrogen (secondary N) is 2. The Morgan fingerprint density at radius 3 is 2.58 bits per heavy atom. The summed E-state index contributed by atoms with van der Waals surface area (Å²) in [6.45, 7) is 3.97. The van der Waals surface area contributed by atoms with Crippen molar-refractivity contribution in [3.63, 3.8) is 0 Å². The number of hydrogen-bond acceptors (Lipinski definition) is 5. The highest BCUT2D eigenvalue weighted by atomic mass is 32.2. The highest BCUT2D eigenvalue weighted by molar-refractivity contribution is 7.91. The summed E-state index contributed by atoms with van der Waals surface area (Å²) in [4.78, 5) is 13.5. The van der Waals surface area contributed by atoms with E-state index in [9.17, 15) is 13.2 Å². The molecule has 1 saturated heterocycles. The van der Waals surface area contributed by atoms with Crippen LogP contribution < -0.4 is 10.6 Å². The van der Waals surface area contributed by atoms with Gasteiger partial charge in [-0.05, 0) is 37.3 Å². The van der Waals surface area contributed by atoms with Gasteiger partial charge < -0.3 is 5.32 Å². The number of hydrogen-bond donors (Lipinski definition) is 2. The number of carbonyl (C=O) groups excluding carboxylic acids is 1. The van der Waals surface area contributed by atoms with E-state index in [1.165, 1.54) is 5.56 Å². The number of amides is 1. The fourth-order valence-corrected chi connectivity index (χ4v) is 6.20. The first kappa shape index (κ1) is 19.1. The van der Waals surface area contributed by atoms with Crippen molar-refractivity contribution >= 4 is 27.1 Å². The molecule has 0 aliphatic carbocycles. The molecule has 26 heavy (non-hydrogen) atoms. The molecule has 7 heteroatoms. The summed E-state index contributed by atoms with van der Waals surface area (Å²) in [6, 6.07) is 12.2. The minimum Gasteiger partial charge on any atom is -0.349 e. The molecule has 2 aromatic rings. The normalized spacial score (nSPS) is 22.8. The van der Waals surface area contributed by atoms with Crippen LogP contribution in [0.1, 0.15) is 35.4 Å². The van der Waals surface area contributed by atoms with Crippen LogP contribution in [0.25, 0.3) is 0 Å². The summed E-state index contributed by atoms with van der Waals surface area (Å²) in [5.74, 6) is -0.0329. The van der Waals surface area contributed by atoms with Crippen LogP contribution in [0, 0.1) is 6.92 Å². The molecule has 0 spiro atoms. The molecule has 1 aromatic carbocycles. The summed E-state index contributed by atoms with van der Waals surface area (Å²) in [5, 5.41) is 8.23. The van der Waals surface area contributed by atoms with Crippen LogP contribution in [0.3, 0.4) is 0 Å². The second-order valence-corrected chi connectivity index (χ2v) is 10.4. The van der Waals surface area contributed by atoms with Gasteiger partial charge in [0.2, 0.25) is 5.91 Å². The number of benzene rings is 1. The van der Waals surface area contributed by atoms with E-state index >= 15 is 0 Å². The van der Waals surface area contributed by atoms with E-state index < -0.39 is 15.4 Å². The van der Waals surface area contributed by atoms with Gasteiger partial charge in [0, 0.05) is 4.88 Å². The fraction of sp³-hybridized carbons (Fsp3) is 0.421. The average Bonchev–Trinajstić information content (AvgIpc) is 3.17. The summed E-state index contributed by atoms with van der Waals surface area (Å²) >= 11 is 1.64. The Morgan fingerprint density at radius 2 is 2.00 bits per heavy atom. The highest BCUT2D eigenvalue weighted by Gasteiger charge is 2.39. The SMILES string of the molecule is Cc1ccc([C@@H](NCC(=O)N[C@]2(C)CCS(=O)(=O)C2)c2cccs2)cc1. The van der Waals surface area contributed by atoms with Crippen molar-refractivity contribution in [2.24, 2.45) is 0 Å². The van der Waals surface area contributed by atoms with Gasteiger partial charge in [0.15, 0.2) is 9.84 Å². The Kier molecular flexibility index (Phi) is 5.50. The van der Waals surface area contributed by atoms with Crippen molar-refractivity contribution in [1.82, 2.24) is 10.6 Å². The summed E-state index contributed by atoms with van der Waals surface area (Å²) in [7, 11) is -3.05. The van der Waals surface area contributed by atoms with E-state index in [0.717, 1.165) is 10.4 Å². The molecule has 3 rings (SSSR count). The van der Waals surface area contributed by atoms with Crippen molar-refractivity contribution in [2.75, 3.05) is 18.1 Å². The third-order valence-electron chi connectivity index (χ3n) is 4.65. The molecule has 1 aliphatic heterocycles. The van der Waals surface area contributed by atoms with Gasteiger partial charge in [-0.2, -0.15) is 0 Å². The van der Waals surface area contributed by atoms with Crippen LogP contribution in [0.5, 0.6) is 0 Å². The Hall–Kier alpha value is -1.70. The molecule has 2 atom stereocenters. The maximum Gasteiger partial charge on any atom is 0.234 e. The van der Waals surface area contributed by atoms with Gasteiger partial charge in [0.1, 0.15) is 0 Å². The molecule has 0 radical (unpaired) electrons. The van der Waals surface area contributed by atoms with Crippen LogP contribution in [0.4, 0.5) is 0 Å². The second kappa shape index (κ2) is 7.50. The molecule has 5 nitrogen and oxygen atoms in total. The predicted molar refractivity (Wildman–Crippen MR) is 105 cm³/mol. The number of carbonyl (C=O) groups is 1. The van der Waals surface area contributed by atoms with Crippen molar-refractivity contribution in [3.05, 3.63) is 57.8 Å². The lowest BCUT2D eigenvalue weighted by Crippen LogP contribution is -2.50. The predicted octanol–water partition coefficient (Wildman–Crippen LogP) is 2.43. The van der Waals surface area contributed by atoms with E-state index in [1.54, 1.807) is 18.3 Å². The van der Waals surface area contributed by atoms with E-state index in [2.05, 4.69) is 34.9 Å². The third-order valence-corrected chi connectivity index (χ3v) is 7.49. The van der Waals surface area contributed by atoms with Crippen molar-refractivity contribution in [3.8, 4) is 0 Å². The van der Waals surface area contributed by atoms with Gasteiger partial charge in [-0.1, -0.05) is 35.9 Å². The molecular formula is C19H24N2O3S2. The van der Waals surface area contributed by atoms with Gasteiger partial charge >= 0.3 is 0 Å². The largest absolute Gasteiger partial charge is 0.349 e. The van der Waals surface area contributed by atoms with Crippen LogP contribution in [-0.4, -0.2) is 37.9 Å². The zero-order valence-electron chi connectivity index (χ0n) is 15.0. The topological polar surface area (TPSA) is 75.3 Å². The first-order chi connectivity index (χ1) is 12.3. The molecule has 0 bridgehead atoms. The van der Waals surface area contributed by atoms with E-state index in [-0.39, 0.29) is 30.0 Å². The summed E-state index contributed by atoms with van der Waals surface area (Å²) < 4.78 is 23.4. The first-order valence-corrected chi connectivity index (χ1v) is 11.3. The van der Waals surface area contributed by atoms with Gasteiger partial charge in [0.25, 0.3) is 0 Å². The van der Waals surface area contributed by atoms with Crippen LogP contribution in [-0.2, 0) is 14.6 Å². The average molecular weight is 393 g/mol. The van der Waals surface area contributed by atoms with E-state index in [4.69, 9.17) is 0 Å². The van der Waals surface area contributed by atoms with Gasteiger partial charge in [-0.15, -0.1) is 11.3 Å². The van der Waals surface area contributed by atoms with Crippen molar-refractivity contribution in [1.29, 1.82) is 0 Å². The monoisotopic (exact) mass is 392 g/mol. The number of thiophene rings is 1. The third kappa shape index (κ3) is 4.72. The summed E-state index contributed by atoms with van der Waals surface area (Å²) in [6.07, 6.45) is 0.466. The molecule has 140 valence electrons. The maximum atomic E-state index is 12.4. The van der Waals surface area contributed by atoms with Crippen molar-refractivity contribution < 1.29 is 13.2 Å². The molecule has 2 heterocycles. The van der Waals surface area contributed by atoms with Gasteiger partial charge in [0.05, 0.1) is 29.6 Å². The smallest absolute Gasteiger partial charge is 0.234 e. The highest BCUT2D eigenvalue weighted by Crippen LogP contribution is 2.26. The lowest BCUT2D eigenvalue weighted by molar-refractivity contribution is -0.121. The molecule has 1 amide bonds. The minimum absolute atomic E-state index is 0.0120. The fourth-order valence-electron chi connectivity index (χ4n) is 3.28. The molecule has 1 aliphatic rings.